The van der Waals surface area contributed by atoms with Crippen LogP contribution < -0.4 is 4.43 Å². The van der Waals surface area contributed by atoms with E-state index in [0.29, 0.717) is 12.2 Å². The summed E-state index contributed by atoms with van der Waals surface area (Å²) in [6.45, 7) is 0.424. The third kappa shape index (κ3) is 2.92. The van der Waals surface area contributed by atoms with Crippen molar-refractivity contribution in [3.63, 3.8) is 0 Å². The van der Waals surface area contributed by atoms with Gasteiger partial charge in [-0.3, -0.25) is 4.79 Å². The Labute approximate surface area is 136 Å². The highest BCUT2D eigenvalue weighted by molar-refractivity contribution is 6.33. The van der Waals surface area contributed by atoms with Gasteiger partial charge in [-0.25, -0.2) is 4.39 Å². The van der Waals surface area contributed by atoms with Crippen molar-refractivity contribution in [1.29, 1.82) is 0 Å². The first-order valence-electron chi connectivity index (χ1n) is 6.92. The van der Waals surface area contributed by atoms with Gasteiger partial charge in [0.1, 0.15) is 11.5 Å². The molecular weight excluding hydrogens is 294 g/mol. The van der Waals surface area contributed by atoms with E-state index in [9.17, 15) is 9.18 Å². The summed E-state index contributed by atoms with van der Waals surface area (Å²) in [5, 5.41) is 1.01. The number of amides is 1. The number of aromatic amines is 1. The SMILES string of the molecule is CN(Cc1ccc(F)c[c]1[Al])C(=O)c1cc2ccccc2[nH]1. The Hall–Kier alpha value is -2.09. The summed E-state index contributed by atoms with van der Waals surface area (Å²) in [5.74, 6) is -0.372. The Bertz CT molecular complexity index is 811. The van der Waals surface area contributed by atoms with Crippen LogP contribution in [0.4, 0.5) is 4.39 Å². The molecule has 22 heavy (non-hydrogen) atoms. The standard InChI is InChI=1S/C17H14FN2O.Al/c1-20(11-12-6-8-14(18)9-7-12)17(21)16-10-13-4-2-3-5-15(13)19-16;/h2-6,8-10,19H,11H2,1H3;. The Morgan fingerprint density at radius 3 is 2.73 bits per heavy atom. The van der Waals surface area contributed by atoms with E-state index >= 15 is 0 Å². The van der Waals surface area contributed by atoms with Gasteiger partial charge in [0.05, 0.1) is 0 Å². The van der Waals surface area contributed by atoms with Crippen molar-refractivity contribution in [1.82, 2.24) is 9.88 Å². The maximum Gasteiger partial charge on any atom is 0.270 e. The predicted octanol–water partition coefficient (Wildman–Crippen LogP) is 2.37. The molecule has 0 unspecified atom stereocenters. The van der Waals surface area contributed by atoms with Crippen LogP contribution in [0.25, 0.3) is 10.9 Å². The number of nitrogens with zero attached hydrogens (tertiary/aromatic N) is 1. The van der Waals surface area contributed by atoms with Crippen LogP contribution in [-0.4, -0.2) is 39.1 Å². The molecule has 1 amide bonds. The van der Waals surface area contributed by atoms with Gasteiger partial charge >= 0.3 is 0 Å². The van der Waals surface area contributed by atoms with Gasteiger partial charge in [-0.1, -0.05) is 24.3 Å². The summed E-state index contributed by atoms with van der Waals surface area (Å²) in [6.07, 6.45) is 0. The molecule has 1 aromatic heterocycles. The zero-order valence-corrected chi connectivity index (χ0v) is 13.3. The monoisotopic (exact) mass is 308 g/mol. The van der Waals surface area contributed by atoms with E-state index in [1.165, 1.54) is 12.1 Å². The number of halogens is 1. The maximum absolute atomic E-state index is 13.1. The Balaban J connectivity index is 1.81. The van der Waals surface area contributed by atoms with E-state index in [0.717, 1.165) is 20.9 Å². The van der Waals surface area contributed by atoms with Gasteiger partial charge in [-0.15, -0.1) is 4.43 Å². The molecule has 0 atom stereocenters. The lowest BCUT2D eigenvalue weighted by atomic mass is 10.2. The molecule has 108 valence electrons. The molecule has 3 rings (SSSR count). The molecule has 3 nitrogen and oxygen atoms in total. The summed E-state index contributed by atoms with van der Waals surface area (Å²) >= 11 is 2.50. The van der Waals surface area contributed by atoms with Crippen LogP contribution in [0.2, 0.25) is 0 Å². The van der Waals surface area contributed by atoms with Gasteiger partial charge in [0.25, 0.3) is 5.91 Å². The second-order valence-corrected chi connectivity index (χ2v) is 5.90. The van der Waals surface area contributed by atoms with E-state index in [1.807, 2.05) is 30.3 Å². The van der Waals surface area contributed by atoms with Crippen molar-refractivity contribution in [2.45, 2.75) is 6.54 Å². The Morgan fingerprint density at radius 2 is 2.00 bits per heavy atom. The number of rotatable bonds is 3. The average Bonchev–Trinajstić information content (AvgIpc) is 2.93. The number of benzene rings is 2. The molecule has 1 N–H and O–H groups in total. The Kier molecular flexibility index (Phi) is 4.02. The zero-order valence-electron chi connectivity index (χ0n) is 12.1. The van der Waals surface area contributed by atoms with Crippen molar-refractivity contribution in [3.05, 3.63) is 65.6 Å². The number of hydrogen-bond acceptors (Lipinski definition) is 1. The second kappa shape index (κ2) is 5.96. The smallest absolute Gasteiger partial charge is 0.270 e. The van der Waals surface area contributed by atoms with Crippen LogP contribution >= 0.6 is 0 Å². The zero-order chi connectivity index (χ0) is 15.7. The fourth-order valence-corrected chi connectivity index (χ4v) is 2.78. The second-order valence-electron chi connectivity index (χ2n) is 5.27. The highest BCUT2D eigenvalue weighted by Crippen LogP contribution is 2.16. The molecule has 0 bridgehead atoms. The van der Waals surface area contributed by atoms with Crippen molar-refractivity contribution in [2.24, 2.45) is 0 Å². The van der Waals surface area contributed by atoms with Crippen LogP contribution in [0.3, 0.4) is 0 Å². The summed E-state index contributed by atoms with van der Waals surface area (Å²) < 4.78 is 13.9. The number of para-hydroxylation sites is 1. The third-order valence-electron chi connectivity index (χ3n) is 3.62. The number of H-pyrrole nitrogens is 1. The third-order valence-corrected chi connectivity index (χ3v) is 4.16. The maximum atomic E-state index is 13.1. The van der Waals surface area contributed by atoms with E-state index < -0.39 is 0 Å². The molecular formula is C17H14AlFN2O. The predicted molar refractivity (Wildman–Crippen MR) is 85.9 cm³/mol. The van der Waals surface area contributed by atoms with E-state index in [1.54, 1.807) is 18.0 Å². The van der Waals surface area contributed by atoms with Crippen LogP contribution in [0.15, 0.2) is 48.5 Å². The van der Waals surface area contributed by atoms with Gasteiger partial charge in [-0.05, 0) is 29.8 Å². The minimum atomic E-state index is -0.279. The highest BCUT2D eigenvalue weighted by Gasteiger charge is 2.15. The van der Waals surface area contributed by atoms with Crippen LogP contribution in [0, 0.1) is 5.82 Å². The molecule has 0 saturated heterocycles. The molecule has 3 aromatic rings. The normalized spacial score (nSPS) is 10.8. The minimum Gasteiger partial charge on any atom is -0.351 e. The molecule has 2 radical (unpaired) electrons. The van der Waals surface area contributed by atoms with Crippen molar-refractivity contribution in [2.75, 3.05) is 7.05 Å². The number of nitrogens with one attached hydrogen (secondary N) is 1. The number of aromatic nitrogens is 1. The van der Waals surface area contributed by atoms with Crippen LogP contribution in [-0.2, 0) is 6.54 Å². The fourth-order valence-electron chi connectivity index (χ4n) is 2.43. The number of hydrogen-bond donors (Lipinski definition) is 1. The molecule has 5 heteroatoms. The molecule has 0 saturated carbocycles. The van der Waals surface area contributed by atoms with Crippen molar-refractivity contribution < 1.29 is 9.18 Å². The summed E-state index contributed by atoms with van der Waals surface area (Å²) in [7, 11) is 1.74. The van der Waals surface area contributed by atoms with Gasteiger partial charge in [0, 0.05) is 24.5 Å². The molecule has 0 fully saturated rings. The molecule has 2 aromatic carbocycles. The summed E-state index contributed by atoms with van der Waals surface area (Å²) in [6, 6.07) is 14.2. The Morgan fingerprint density at radius 1 is 1.23 bits per heavy atom. The minimum absolute atomic E-state index is 0.0927. The van der Waals surface area contributed by atoms with Crippen molar-refractivity contribution >= 4 is 37.5 Å². The largest absolute Gasteiger partial charge is 0.351 e. The lowest BCUT2D eigenvalue weighted by Gasteiger charge is -2.18. The molecule has 0 aliphatic rings. The molecule has 0 spiro atoms. The van der Waals surface area contributed by atoms with E-state index in [2.05, 4.69) is 21.3 Å². The van der Waals surface area contributed by atoms with Gasteiger partial charge in [0.2, 0.25) is 0 Å². The summed E-state index contributed by atoms with van der Waals surface area (Å²) in [4.78, 5) is 17.3. The highest BCUT2D eigenvalue weighted by atomic mass is 27.0. The first kappa shape index (κ1) is 14.8. The van der Waals surface area contributed by atoms with Crippen LogP contribution in [0.5, 0.6) is 0 Å². The first-order chi connectivity index (χ1) is 10.5. The topological polar surface area (TPSA) is 36.1 Å². The number of carbonyl (C=O) groups is 1. The van der Waals surface area contributed by atoms with E-state index in [4.69, 9.17) is 0 Å². The quantitative estimate of drug-likeness (QED) is 0.741. The van der Waals surface area contributed by atoms with Gasteiger partial charge < -0.3 is 9.88 Å². The van der Waals surface area contributed by atoms with Gasteiger partial charge in [-0.2, -0.15) is 0 Å². The van der Waals surface area contributed by atoms with Gasteiger partial charge in [0.15, 0.2) is 16.3 Å². The average molecular weight is 308 g/mol. The molecule has 0 aliphatic carbocycles. The molecule has 0 aliphatic heterocycles. The van der Waals surface area contributed by atoms with E-state index in [-0.39, 0.29) is 11.7 Å². The van der Waals surface area contributed by atoms with Crippen LogP contribution in [0.1, 0.15) is 16.1 Å². The number of fused-ring (bicyclic) bond motifs is 1. The number of carbonyl (C=O) groups excluding carboxylic acids is 1. The fraction of sp³-hybridized carbons (Fsp3) is 0.118. The first-order valence-corrected chi connectivity index (χ1v) is 7.49. The lowest BCUT2D eigenvalue weighted by Crippen LogP contribution is -2.29. The lowest BCUT2D eigenvalue weighted by molar-refractivity contribution is 0.0780. The summed E-state index contributed by atoms with van der Waals surface area (Å²) in [5.41, 5.74) is 2.39. The van der Waals surface area contributed by atoms with Crippen molar-refractivity contribution in [3.8, 4) is 0 Å². The molecule has 1 heterocycles.